The van der Waals surface area contributed by atoms with E-state index in [-0.39, 0.29) is 5.91 Å². The van der Waals surface area contributed by atoms with Crippen LogP contribution in [0, 0.1) is 6.92 Å². The van der Waals surface area contributed by atoms with Gasteiger partial charge in [0.1, 0.15) is 0 Å². The second-order valence-electron chi connectivity index (χ2n) is 4.34. The molecule has 0 fully saturated rings. The van der Waals surface area contributed by atoms with Crippen molar-refractivity contribution < 1.29 is 14.3 Å². The van der Waals surface area contributed by atoms with Crippen LogP contribution in [0.25, 0.3) is 0 Å². The number of anilines is 1. The van der Waals surface area contributed by atoms with Gasteiger partial charge in [-0.1, -0.05) is 17.7 Å². The molecule has 2 rings (SSSR count). The zero-order chi connectivity index (χ0) is 14.5. The highest BCUT2D eigenvalue weighted by molar-refractivity contribution is 7.10. The smallest absolute Gasteiger partial charge is 0.339 e. The van der Waals surface area contributed by atoms with Gasteiger partial charge in [-0.15, -0.1) is 11.3 Å². The Morgan fingerprint density at radius 1 is 1.30 bits per heavy atom. The molecule has 20 heavy (non-hydrogen) atoms. The van der Waals surface area contributed by atoms with E-state index in [1.165, 1.54) is 18.4 Å². The zero-order valence-electron chi connectivity index (χ0n) is 11.3. The predicted octanol–water partition coefficient (Wildman–Crippen LogP) is 3.02. The molecular formula is C15H15NO3S. The average Bonchev–Trinajstić information content (AvgIpc) is 2.92. The summed E-state index contributed by atoms with van der Waals surface area (Å²) < 4.78 is 4.73. The van der Waals surface area contributed by atoms with Crippen LogP contribution in [0.4, 0.5) is 5.69 Å². The maximum atomic E-state index is 12.0. The number of esters is 1. The van der Waals surface area contributed by atoms with Crippen LogP contribution in [-0.4, -0.2) is 19.0 Å². The summed E-state index contributed by atoms with van der Waals surface area (Å²) in [6.07, 6.45) is 0.298. The van der Waals surface area contributed by atoms with Gasteiger partial charge < -0.3 is 10.1 Å². The lowest BCUT2D eigenvalue weighted by Crippen LogP contribution is -2.17. The Kier molecular flexibility index (Phi) is 4.53. The number of aryl methyl sites for hydroxylation is 1. The first-order valence-corrected chi connectivity index (χ1v) is 6.99. The molecule has 1 heterocycles. The molecule has 0 aliphatic heterocycles. The molecule has 0 atom stereocenters. The largest absolute Gasteiger partial charge is 0.465 e. The number of thiophene rings is 1. The number of methoxy groups -OCH3 is 1. The van der Waals surface area contributed by atoms with Gasteiger partial charge in [0.2, 0.25) is 5.91 Å². The van der Waals surface area contributed by atoms with Crippen LogP contribution in [0.3, 0.4) is 0 Å². The second kappa shape index (κ2) is 6.34. The molecule has 0 saturated heterocycles. The highest BCUT2D eigenvalue weighted by Gasteiger charge is 2.14. The van der Waals surface area contributed by atoms with Crippen LogP contribution >= 0.6 is 11.3 Å². The molecular weight excluding hydrogens is 274 g/mol. The van der Waals surface area contributed by atoms with E-state index in [2.05, 4.69) is 5.32 Å². The van der Waals surface area contributed by atoms with E-state index >= 15 is 0 Å². The topological polar surface area (TPSA) is 55.4 Å². The number of carbonyl (C=O) groups excluding carboxylic acids is 2. The lowest BCUT2D eigenvalue weighted by Gasteiger charge is -2.10. The molecule has 0 saturated carbocycles. The fourth-order valence-electron chi connectivity index (χ4n) is 1.81. The summed E-state index contributed by atoms with van der Waals surface area (Å²) >= 11 is 1.53. The van der Waals surface area contributed by atoms with Gasteiger partial charge >= 0.3 is 5.97 Å². The molecule has 4 nitrogen and oxygen atoms in total. The van der Waals surface area contributed by atoms with Crippen molar-refractivity contribution in [3.63, 3.8) is 0 Å². The number of amides is 1. The van der Waals surface area contributed by atoms with E-state index in [1.54, 1.807) is 12.1 Å². The number of nitrogens with one attached hydrogen (secondary N) is 1. The van der Waals surface area contributed by atoms with Crippen LogP contribution in [0.15, 0.2) is 35.7 Å². The summed E-state index contributed by atoms with van der Waals surface area (Å²) in [7, 11) is 1.32. The average molecular weight is 289 g/mol. The molecule has 1 aromatic carbocycles. The highest BCUT2D eigenvalue weighted by Crippen LogP contribution is 2.19. The molecule has 0 unspecified atom stereocenters. The normalized spacial score (nSPS) is 10.1. The maximum Gasteiger partial charge on any atom is 0.339 e. The highest BCUT2D eigenvalue weighted by atomic mass is 32.1. The fraction of sp³-hybridized carbons (Fsp3) is 0.200. The summed E-state index contributed by atoms with van der Waals surface area (Å²) in [5, 5.41) is 4.68. The molecule has 5 heteroatoms. The minimum absolute atomic E-state index is 0.151. The second-order valence-corrected chi connectivity index (χ2v) is 5.38. The van der Waals surface area contributed by atoms with Crippen LogP contribution < -0.4 is 5.32 Å². The first-order chi connectivity index (χ1) is 9.60. The number of carbonyl (C=O) groups is 2. The standard InChI is InChI=1S/C15H15NO3S/c1-10-5-6-13(12(8-10)15(18)19-2)16-14(17)9-11-4-3-7-20-11/h3-8H,9H2,1-2H3,(H,16,17). The van der Waals surface area contributed by atoms with Crippen molar-refractivity contribution in [2.75, 3.05) is 12.4 Å². The SMILES string of the molecule is COC(=O)c1cc(C)ccc1NC(=O)Cc1cccs1. The van der Waals surface area contributed by atoms with E-state index in [0.717, 1.165) is 10.4 Å². The van der Waals surface area contributed by atoms with E-state index in [1.807, 2.05) is 30.5 Å². The minimum atomic E-state index is -0.458. The summed E-state index contributed by atoms with van der Waals surface area (Å²) in [5.74, 6) is -0.610. The van der Waals surface area contributed by atoms with Gasteiger partial charge in [-0.05, 0) is 30.5 Å². The maximum absolute atomic E-state index is 12.0. The van der Waals surface area contributed by atoms with Gasteiger partial charge in [0, 0.05) is 4.88 Å². The van der Waals surface area contributed by atoms with Crippen molar-refractivity contribution >= 4 is 28.9 Å². The molecule has 1 aromatic heterocycles. The Balaban J connectivity index is 2.16. The van der Waals surface area contributed by atoms with Crippen molar-refractivity contribution in [3.8, 4) is 0 Å². The lowest BCUT2D eigenvalue weighted by atomic mass is 10.1. The van der Waals surface area contributed by atoms with E-state index in [9.17, 15) is 9.59 Å². The molecule has 104 valence electrons. The zero-order valence-corrected chi connectivity index (χ0v) is 12.1. The van der Waals surface area contributed by atoms with Crippen LogP contribution in [-0.2, 0) is 16.0 Å². The molecule has 0 aliphatic rings. The Bertz CT molecular complexity index is 620. The third-order valence-corrected chi connectivity index (χ3v) is 3.65. The van der Waals surface area contributed by atoms with Gasteiger partial charge in [0.25, 0.3) is 0 Å². The Morgan fingerprint density at radius 3 is 2.75 bits per heavy atom. The fourth-order valence-corrected chi connectivity index (χ4v) is 2.52. The quantitative estimate of drug-likeness (QED) is 0.880. The summed E-state index contributed by atoms with van der Waals surface area (Å²) in [4.78, 5) is 24.7. The first kappa shape index (κ1) is 14.3. The van der Waals surface area contributed by atoms with Crippen LogP contribution in [0.2, 0.25) is 0 Å². The van der Waals surface area contributed by atoms with E-state index in [4.69, 9.17) is 4.74 Å². The predicted molar refractivity (Wildman–Crippen MR) is 79.2 cm³/mol. The molecule has 0 radical (unpaired) electrons. The summed E-state index contributed by atoms with van der Waals surface area (Å²) in [6, 6.07) is 9.06. The van der Waals surface area contributed by atoms with Crippen molar-refractivity contribution in [3.05, 3.63) is 51.7 Å². The van der Waals surface area contributed by atoms with Gasteiger partial charge in [-0.25, -0.2) is 4.79 Å². The summed E-state index contributed by atoms with van der Waals surface area (Å²) in [6.45, 7) is 1.88. The van der Waals surface area contributed by atoms with Gasteiger partial charge in [-0.3, -0.25) is 4.79 Å². The van der Waals surface area contributed by atoms with Gasteiger partial charge in [-0.2, -0.15) is 0 Å². The Hall–Kier alpha value is -2.14. The van der Waals surface area contributed by atoms with E-state index in [0.29, 0.717) is 17.7 Å². The number of hydrogen-bond donors (Lipinski definition) is 1. The van der Waals surface area contributed by atoms with Crippen molar-refractivity contribution in [1.29, 1.82) is 0 Å². The number of benzene rings is 1. The molecule has 0 spiro atoms. The summed E-state index contributed by atoms with van der Waals surface area (Å²) in [5.41, 5.74) is 1.78. The molecule has 1 N–H and O–H groups in total. The Morgan fingerprint density at radius 2 is 2.10 bits per heavy atom. The number of ether oxygens (including phenoxy) is 1. The van der Waals surface area contributed by atoms with Crippen molar-refractivity contribution in [1.82, 2.24) is 0 Å². The Labute approximate surface area is 121 Å². The molecule has 2 aromatic rings. The first-order valence-electron chi connectivity index (χ1n) is 6.11. The minimum Gasteiger partial charge on any atom is -0.465 e. The van der Waals surface area contributed by atoms with Crippen molar-refractivity contribution in [2.45, 2.75) is 13.3 Å². The molecule has 0 bridgehead atoms. The number of hydrogen-bond acceptors (Lipinski definition) is 4. The van der Waals surface area contributed by atoms with Crippen molar-refractivity contribution in [2.24, 2.45) is 0 Å². The monoisotopic (exact) mass is 289 g/mol. The van der Waals surface area contributed by atoms with E-state index < -0.39 is 5.97 Å². The molecule has 1 amide bonds. The third-order valence-electron chi connectivity index (χ3n) is 2.77. The third kappa shape index (κ3) is 3.45. The van der Waals surface area contributed by atoms with Gasteiger partial charge in [0.15, 0.2) is 0 Å². The van der Waals surface area contributed by atoms with Crippen LogP contribution in [0.5, 0.6) is 0 Å². The number of rotatable bonds is 4. The lowest BCUT2D eigenvalue weighted by molar-refractivity contribution is -0.115. The van der Waals surface area contributed by atoms with Crippen LogP contribution in [0.1, 0.15) is 20.8 Å². The molecule has 0 aliphatic carbocycles. The van der Waals surface area contributed by atoms with Gasteiger partial charge in [0.05, 0.1) is 24.8 Å².